The van der Waals surface area contributed by atoms with E-state index >= 15 is 0 Å². The highest BCUT2D eigenvalue weighted by molar-refractivity contribution is 5.96. The molecule has 6 nitrogen and oxygen atoms in total. The van der Waals surface area contributed by atoms with Crippen LogP contribution in [0.3, 0.4) is 0 Å². The fourth-order valence-electron chi connectivity index (χ4n) is 4.76. The minimum absolute atomic E-state index is 0.0530. The molecule has 0 saturated carbocycles. The summed E-state index contributed by atoms with van der Waals surface area (Å²) in [5.41, 5.74) is 3.78. The smallest absolute Gasteiger partial charge is 0.255 e. The molecule has 2 amide bonds. The van der Waals surface area contributed by atoms with Crippen LogP contribution in [0.4, 0.5) is 0 Å². The van der Waals surface area contributed by atoms with Gasteiger partial charge in [-0.1, -0.05) is 6.07 Å². The molecule has 3 aliphatic rings. The van der Waals surface area contributed by atoms with Crippen LogP contribution >= 0.6 is 0 Å². The SMILES string of the molecule is CCn1c(C)cc(C(=O)N2C[C@H]3CC[C@@H](C2)N(Cc2ccccn2)C3=O)c1C. The van der Waals surface area contributed by atoms with Crippen molar-refractivity contribution in [1.29, 1.82) is 0 Å². The van der Waals surface area contributed by atoms with Crippen molar-refractivity contribution in [2.45, 2.75) is 52.7 Å². The quantitative estimate of drug-likeness (QED) is 0.820. The van der Waals surface area contributed by atoms with Gasteiger partial charge in [-0.05, 0) is 51.8 Å². The Morgan fingerprint density at radius 3 is 2.71 bits per heavy atom. The van der Waals surface area contributed by atoms with E-state index in [1.807, 2.05) is 47.9 Å². The molecular formula is C22H28N4O2. The second-order valence-electron chi connectivity index (χ2n) is 7.95. The molecule has 0 N–H and O–H groups in total. The maximum Gasteiger partial charge on any atom is 0.255 e. The van der Waals surface area contributed by atoms with E-state index < -0.39 is 0 Å². The number of piperidine rings is 1. The molecule has 5 rings (SSSR count). The maximum atomic E-state index is 13.3. The third-order valence-corrected chi connectivity index (χ3v) is 6.26. The molecule has 2 bridgehead atoms. The Balaban J connectivity index is 1.57. The Morgan fingerprint density at radius 2 is 2.04 bits per heavy atom. The topological polar surface area (TPSA) is 58.4 Å². The predicted octanol–water partition coefficient (Wildman–Crippen LogP) is 2.78. The van der Waals surface area contributed by atoms with Gasteiger partial charge in [-0.2, -0.15) is 0 Å². The number of nitrogens with zero attached hydrogens (tertiary/aromatic N) is 4. The largest absolute Gasteiger partial charge is 0.349 e. The predicted molar refractivity (Wildman–Crippen MR) is 107 cm³/mol. The van der Waals surface area contributed by atoms with Gasteiger partial charge < -0.3 is 14.4 Å². The van der Waals surface area contributed by atoms with Gasteiger partial charge in [-0.25, -0.2) is 0 Å². The number of aryl methyl sites for hydroxylation is 1. The zero-order valence-electron chi connectivity index (χ0n) is 16.9. The molecule has 0 spiro atoms. The molecule has 2 aromatic heterocycles. The number of aromatic nitrogens is 2. The molecule has 0 aliphatic carbocycles. The lowest BCUT2D eigenvalue weighted by molar-refractivity contribution is -0.140. The second kappa shape index (κ2) is 7.41. The van der Waals surface area contributed by atoms with E-state index in [4.69, 9.17) is 0 Å². The molecule has 0 aromatic carbocycles. The van der Waals surface area contributed by atoms with Gasteiger partial charge in [0.2, 0.25) is 5.91 Å². The zero-order valence-corrected chi connectivity index (χ0v) is 16.9. The molecule has 6 heteroatoms. The Bertz CT molecular complexity index is 889. The first kappa shape index (κ1) is 18.7. The molecule has 5 heterocycles. The van der Waals surface area contributed by atoms with Crippen LogP contribution in [0, 0.1) is 19.8 Å². The van der Waals surface area contributed by atoms with Gasteiger partial charge in [0.05, 0.1) is 23.7 Å². The van der Waals surface area contributed by atoms with Crippen molar-refractivity contribution in [3.8, 4) is 0 Å². The molecule has 3 aliphatic heterocycles. The van der Waals surface area contributed by atoms with Gasteiger partial charge in [-0.3, -0.25) is 14.6 Å². The monoisotopic (exact) mass is 380 g/mol. The first-order valence-electron chi connectivity index (χ1n) is 10.2. The third kappa shape index (κ3) is 3.21. The fourth-order valence-corrected chi connectivity index (χ4v) is 4.76. The summed E-state index contributed by atoms with van der Waals surface area (Å²) in [6.07, 6.45) is 3.57. The highest BCUT2D eigenvalue weighted by Gasteiger charge is 2.42. The first-order chi connectivity index (χ1) is 13.5. The number of rotatable bonds is 4. The summed E-state index contributed by atoms with van der Waals surface area (Å²) in [6.45, 7) is 8.63. The fraction of sp³-hybridized carbons (Fsp3) is 0.500. The number of carbonyl (C=O) groups is 2. The molecule has 3 fully saturated rings. The van der Waals surface area contributed by atoms with Crippen molar-refractivity contribution in [2.75, 3.05) is 13.1 Å². The Morgan fingerprint density at radius 1 is 1.21 bits per heavy atom. The summed E-state index contributed by atoms with van der Waals surface area (Å²) in [5.74, 6) is 0.106. The van der Waals surface area contributed by atoms with Gasteiger partial charge in [0, 0.05) is 43.3 Å². The van der Waals surface area contributed by atoms with Crippen LogP contribution in [-0.2, 0) is 17.9 Å². The van der Waals surface area contributed by atoms with Gasteiger partial charge in [0.1, 0.15) is 0 Å². The van der Waals surface area contributed by atoms with E-state index in [-0.39, 0.29) is 23.8 Å². The molecular weight excluding hydrogens is 352 g/mol. The van der Waals surface area contributed by atoms with E-state index in [0.29, 0.717) is 19.6 Å². The van der Waals surface area contributed by atoms with Crippen LogP contribution in [0.5, 0.6) is 0 Å². The van der Waals surface area contributed by atoms with E-state index in [2.05, 4.69) is 16.5 Å². The van der Waals surface area contributed by atoms with Gasteiger partial charge in [0.15, 0.2) is 0 Å². The summed E-state index contributed by atoms with van der Waals surface area (Å²) in [7, 11) is 0. The van der Waals surface area contributed by atoms with Crippen LogP contribution in [0.1, 0.15) is 47.2 Å². The number of hydrogen-bond acceptors (Lipinski definition) is 3. The van der Waals surface area contributed by atoms with Crippen molar-refractivity contribution >= 4 is 11.8 Å². The highest BCUT2D eigenvalue weighted by atomic mass is 16.2. The first-order valence-corrected chi connectivity index (χ1v) is 10.2. The van der Waals surface area contributed by atoms with E-state index in [1.165, 1.54) is 0 Å². The van der Waals surface area contributed by atoms with Crippen LogP contribution < -0.4 is 0 Å². The molecule has 2 atom stereocenters. The number of hydrogen-bond donors (Lipinski definition) is 0. The highest BCUT2D eigenvalue weighted by Crippen LogP contribution is 2.31. The molecule has 0 unspecified atom stereocenters. The van der Waals surface area contributed by atoms with Crippen LogP contribution in [-0.4, -0.2) is 50.3 Å². The lowest BCUT2D eigenvalue weighted by atomic mass is 9.94. The average molecular weight is 380 g/mol. The molecule has 3 saturated heterocycles. The van der Waals surface area contributed by atoms with Crippen LogP contribution in [0.25, 0.3) is 0 Å². The second-order valence-corrected chi connectivity index (χ2v) is 7.95. The summed E-state index contributed by atoms with van der Waals surface area (Å²) >= 11 is 0. The van der Waals surface area contributed by atoms with Gasteiger partial charge >= 0.3 is 0 Å². The Hall–Kier alpha value is -2.63. The van der Waals surface area contributed by atoms with Crippen molar-refractivity contribution in [2.24, 2.45) is 5.92 Å². The summed E-state index contributed by atoms with van der Waals surface area (Å²) in [6, 6.07) is 7.83. The molecule has 148 valence electrons. The number of pyridine rings is 1. The lowest BCUT2D eigenvalue weighted by Gasteiger charge is -2.35. The normalized spacial score (nSPS) is 21.9. The van der Waals surface area contributed by atoms with Crippen molar-refractivity contribution in [3.63, 3.8) is 0 Å². The Labute approximate surface area is 166 Å². The van der Waals surface area contributed by atoms with E-state index in [1.54, 1.807) is 6.20 Å². The zero-order chi connectivity index (χ0) is 19.8. The number of amides is 2. The number of fused-ring (bicyclic) bond motifs is 4. The third-order valence-electron chi connectivity index (χ3n) is 6.26. The molecule has 0 radical (unpaired) electrons. The average Bonchev–Trinajstić information content (AvgIpc) is 2.84. The Kier molecular flexibility index (Phi) is 4.96. The molecule has 28 heavy (non-hydrogen) atoms. The minimum atomic E-state index is -0.110. The number of carbonyl (C=O) groups excluding carboxylic acids is 2. The maximum absolute atomic E-state index is 13.3. The van der Waals surface area contributed by atoms with E-state index in [9.17, 15) is 9.59 Å². The van der Waals surface area contributed by atoms with Gasteiger partial charge in [0.25, 0.3) is 5.91 Å². The lowest BCUT2D eigenvalue weighted by Crippen LogP contribution is -2.47. The summed E-state index contributed by atoms with van der Waals surface area (Å²) in [4.78, 5) is 34.6. The minimum Gasteiger partial charge on any atom is -0.349 e. The summed E-state index contributed by atoms with van der Waals surface area (Å²) in [5, 5.41) is 0. The van der Waals surface area contributed by atoms with E-state index in [0.717, 1.165) is 42.0 Å². The summed E-state index contributed by atoms with van der Waals surface area (Å²) < 4.78 is 2.16. The van der Waals surface area contributed by atoms with Gasteiger partial charge in [-0.15, -0.1) is 0 Å². The van der Waals surface area contributed by atoms with Crippen molar-refractivity contribution in [1.82, 2.24) is 19.4 Å². The van der Waals surface area contributed by atoms with Crippen LogP contribution in [0.15, 0.2) is 30.5 Å². The van der Waals surface area contributed by atoms with Crippen molar-refractivity contribution in [3.05, 3.63) is 53.1 Å². The molecule has 2 aromatic rings. The standard InChI is InChI=1S/C22H28N4O2/c1-4-25-15(2)11-20(16(25)3)22(28)24-12-17-8-9-19(14-24)26(21(17)27)13-18-7-5-6-10-23-18/h5-7,10-11,17,19H,4,8-9,12-14H2,1-3H3/t17-,19+/m1/s1. The van der Waals surface area contributed by atoms with Crippen LogP contribution in [0.2, 0.25) is 0 Å². The van der Waals surface area contributed by atoms with Crippen molar-refractivity contribution < 1.29 is 9.59 Å².